The molecule has 7 heteroatoms. The smallest absolute Gasteiger partial charge is 0.258 e. The molecule has 0 fully saturated rings. The summed E-state index contributed by atoms with van der Waals surface area (Å²) in [4.78, 5) is 27.6. The van der Waals surface area contributed by atoms with Gasteiger partial charge in [0.05, 0.1) is 5.69 Å². The van der Waals surface area contributed by atoms with Crippen LogP contribution in [0.1, 0.15) is 33.2 Å². The van der Waals surface area contributed by atoms with Gasteiger partial charge in [0.25, 0.3) is 11.8 Å². The van der Waals surface area contributed by atoms with Gasteiger partial charge in [0, 0.05) is 32.3 Å². The second-order valence-corrected chi connectivity index (χ2v) is 9.57. The molecule has 0 bridgehead atoms. The molecule has 0 aliphatic rings. The number of anilines is 2. The van der Waals surface area contributed by atoms with Crippen LogP contribution in [0.5, 0.6) is 0 Å². The molecule has 0 aliphatic carbocycles. The van der Waals surface area contributed by atoms with E-state index in [1.54, 1.807) is 35.2 Å². The molecule has 2 N–H and O–H groups in total. The number of aryl methyl sites for hydroxylation is 1. The van der Waals surface area contributed by atoms with Crippen LogP contribution in [0.4, 0.5) is 11.4 Å². The standard InChI is InChI=1S/C28H24IN3O2S/c1-3-32(25-10-6-8-19-7-4-5-9-23(19)25)27(34)20-13-15-22(16-14-20)30-28(35)31-26(33)21-12-11-18(2)24(29)17-21/h4-17H,3H2,1-2H3,(H2,30,31,33,35). The molecular weight excluding hydrogens is 569 g/mol. The summed E-state index contributed by atoms with van der Waals surface area (Å²) in [7, 11) is 0. The average molecular weight is 593 g/mol. The molecule has 0 aliphatic heterocycles. The predicted molar refractivity (Wildman–Crippen MR) is 155 cm³/mol. The van der Waals surface area contributed by atoms with E-state index < -0.39 is 0 Å². The van der Waals surface area contributed by atoms with Crippen molar-refractivity contribution >= 4 is 73.9 Å². The molecule has 0 radical (unpaired) electrons. The van der Waals surface area contributed by atoms with Gasteiger partial charge >= 0.3 is 0 Å². The Hall–Kier alpha value is -3.30. The largest absolute Gasteiger partial charge is 0.332 e. The van der Waals surface area contributed by atoms with Crippen molar-refractivity contribution in [2.45, 2.75) is 13.8 Å². The number of benzene rings is 4. The number of hydrogen-bond acceptors (Lipinski definition) is 3. The second-order valence-electron chi connectivity index (χ2n) is 8.00. The van der Waals surface area contributed by atoms with Crippen LogP contribution in [0.25, 0.3) is 10.8 Å². The van der Waals surface area contributed by atoms with Gasteiger partial charge in [-0.1, -0.05) is 42.5 Å². The van der Waals surface area contributed by atoms with Crippen molar-refractivity contribution in [3.8, 4) is 0 Å². The molecular formula is C28H24IN3O2S. The van der Waals surface area contributed by atoms with E-state index in [2.05, 4.69) is 33.2 Å². The first-order valence-corrected chi connectivity index (χ1v) is 12.6. The first-order valence-electron chi connectivity index (χ1n) is 11.2. The molecule has 0 atom stereocenters. The van der Waals surface area contributed by atoms with E-state index in [1.807, 2.05) is 68.4 Å². The first-order chi connectivity index (χ1) is 16.9. The normalized spacial score (nSPS) is 10.6. The van der Waals surface area contributed by atoms with Crippen molar-refractivity contribution in [3.63, 3.8) is 0 Å². The fourth-order valence-electron chi connectivity index (χ4n) is 3.79. The van der Waals surface area contributed by atoms with Gasteiger partial charge in [0.15, 0.2) is 5.11 Å². The molecule has 0 saturated carbocycles. The Kier molecular flexibility index (Phi) is 7.77. The summed E-state index contributed by atoms with van der Waals surface area (Å²) < 4.78 is 1.01. The molecule has 0 unspecified atom stereocenters. The van der Waals surface area contributed by atoms with Crippen molar-refractivity contribution in [2.24, 2.45) is 0 Å². The maximum atomic E-state index is 13.3. The third kappa shape index (κ3) is 5.68. The van der Waals surface area contributed by atoms with Crippen LogP contribution >= 0.6 is 34.8 Å². The Morgan fingerprint density at radius 3 is 2.31 bits per heavy atom. The van der Waals surface area contributed by atoms with Crippen LogP contribution < -0.4 is 15.5 Å². The van der Waals surface area contributed by atoms with Crippen LogP contribution in [-0.4, -0.2) is 23.5 Å². The quantitative estimate of drug-likeness (QED) is 0.204. The number of nitrogens with zero attached hydrogens (tertiary/aromatic N) is 1. The lowest BCUT2D eigenvalue weighted by Crippen LogP contribution is -2.34. The number of rotatable bonds is 5. The molecule has 0 spiro atoms. The fourth-order valence-corrected chi connectivity index (χ4v) is 4.52. The molecule has 176 valence electrons. The number of nitrogens with one attached hydrogen (secondary N) is 2. The van der Waals surface area contributed by atoms with Gasteiger partial charge in [-0.05, 0) is 102 Å². The maximum absolute atomic E-state index is 13.3. The number of thiocarbonyl (C=S) groups is 1. The van der Waals surface area contributed by atoms with E-state index in [4.69, 9.17) is 12.2 Å². The predicted octanol–water partition coefficient (Wildman–Crippen LogP) is 6.55. The van der Waals surface area contributed by atoms with Crippen LogP contribution in [0, 0.1) is 10.5 Å². The third-order valence-corrected chi connectivity index (χ3v) is 7.04. The summed E-state index contributed by atoms with van der Waals surface area (Å²) >= 11 is 7.50. The highest BCUT2D eigenvalue weighted by molar-refractivity contribution is 14.1. The summed E-state index contributed by atoms with van der Waals surface area (Å²) in [6.45, 7) is 4.50. The first kappa shape index (κ1) is 24.8. The zero-order valence-corrected chi connectivity index (χ0v) is 22.3. The summed E-state index contributed by atoms with van der Waals surface area (Å²) in [5, 5.41) is 8.02. The zero-order valence-electron chi connectivity index (χ0n) is 19.3. The van der Waals surface area contributed by atoms with Crippen molar-refractivity contribution in [2.75, 3.05) is 16.8 Å². The van der Waals surface area contributed by atoms with E-state index in [-0.39, 0.29) is 16.9 Å². The minimum atomic E-state index is -0.277. The molecule has 0 aromatic heterocycles. The highest BCUT2D eigenvalue weighted by Gasteiger charge is 2.18. The number of halogens is 1. The van der Waals surface area contributed by atoms with Gasteiger partial charge < -0.3 is 10.2 Å². The van der Waals surface area contributed by atoms with Gasteiger partial charge in [-0.3, -0.25) is 14.9 Å². The molecule has 4 aromatic rings. The van der Waals surface area contributed by atoms with Gasteiger partial charge in [0.2, 0.25) is 0 Å². The van der Waals surface area contributed by atoms with Gasteiger partial charge in [-0.15, -0.1) is 0 Å². The van der Waals surface area contributed by atoms with E-state index in [1.165, 1.54) is 0 Å². The Morgan fingerprint density at radius 1 is 0.914 bits per heavy atom. The Balaban J connectivity index is 1.45. The summed E-state index contributed by atoms with van der Waals surface area (Å²) in [5.74, 6) is -0.360. The third-order valence-electron chi connectivity index (χ3n) is 5.67. The molecule has 0 saturated heterocycles. The van der Waals surface area contributed by atoms with Gasteiger partial charge in [-0.25, -0.2) is 0 Å². The molecule has 35 heavy (non-hydrogen) atoms. The van der Waals surface area contributed by atoms with Crippen molar-refractivity contribution in [1.82, 2.24) is 5.32 Å². The van der Waals surface area contributed by atoms with E-state index in [0.29, 0.717) is 23.4 Å². The lowest BCUT2D eigenvalue weighted by atomic mass is 10.1. The van der Waals surface area contributed by atoms with Gasteiger partial charge in [-0.2, -0.15) is 0 Å². The Labute approximate surface area is 223 Å². The number of amides is 2. The molecule has 5 nitrogen and oxygen atoms in total. The zero-order chi connectivity index (χ0) is 24.9. The summed E-state index contributed by atoms with van der Waals surface area (Å²) in [6, 6.07) is 26.6. The number of hydrogen-bond donors (Lipinski definition) is 2. The summed E-state index contributed by atoms with van der Waals surface area (Å²) in [5.41, 5.74) is 3.78. The minimum absolute atomic E-state index is 0.0831. The molecule has 2 amide bonds. The maximum Gasteiger partial charge on any atom is 0.258 e. The van der Waals surface area contributed by atoms with Crippen LogP contribution in [-0.2, 0) is 0 Å². The lowest BCUT2D eigenvalue weighted by molar-refractivity contribution is 0.0973. The van der Waals surface area contributed by atoms with Crippen LogP contribution in [0.15, 0.2) is 84.9 Å². The lowest BCUT2D eigenvalue weighted by Gasteiger charge is -2.23. The SMILES string of the molecule is CCN(C(=O)c1ccc(NC(=S)NC(=O)c2ccc(C)c(I)c2)cc1)c1cccc2ccccc12. The van der Waals surface area contributed by atoms with Crippen molar-refractivity contribution < 1.29 is 9.59 Å². The number of carbonyl (C=O) groups is 2. The summed E-state index contributed by atoms with van der Waals surface area (Å²) in [6.07, 6.45) is 0. The van der Waals surface area contributed by atoms with Gasteiger partial charge in [0.1, 0.15) is 0 Å². The van der Waals surface area contributed by atoms with E-state index >= 15 is 0 Å². The van der Waals surface area contributed by atoms with E-state index in [9.17, 15) is 9.59 Å². The van der Waals surface area contributed by atoms with Crippen molar-refractivity contribution in [1.29, 1.82) is 0 Å². The fraction of sp³-hybridized carbons (Fsp3) is 0.107. The molecule has 4 rings (SSSR count). The average Bonchev–Trinajstić information content (AvgIpc) is 2.86. The van der Waals surface area contributed by atoms with Crippen LogP contribution in [0.2, 0.25) is 0 Å². The Bertz CT molecular complexity index is 1410. The van der Waals surface area contributed by atoms with E-state index in [0.717, 1.165) is 25.6 Å². The highest BCUT2D eigenvalue weighted by atomic mass is 127. The number of carbonyl (C=O) groups excluding carboxylic acids is 2. The molecule has 4 aromatic carbocycles. The van der Waals surface area contributed by atoms with Crippen LogP contribution in [0.3, 0.4) is 0 Å². The minimum Gasteiger partial charge on any atom is -0.332 e. The molecule has 0 heterocycles. The monoisotopic (exact) mass is 593 g/mol. The number of fused-ring (bicyclic) bond motifs is 1. The topological polar surface area (TPSA) is 61.4 Å². The Morgan fingerprint density at radius 2 is 1.60 bits per heavy atom. The second kappa shape index (κ2) is 11.0. The highest BCUT2D eigenvalue weighted by Crippen LogP contribution is 2.28. The van der Waals surface area contributed by atoms with Crippen molar-refractivity contribution in [3.05, 3.63) is 105 Å².